The van der Waals surface area contributed by atoms with E-state index in [2.05, 4.69) is 42.1 Å². The van der Waals surface area contributed by atoms with Crippen LogP contribution in [0.15, 0.2) is 58.3 Å². The number of nitrogens with two attached hydrogens (primary N) is 1. The van der Waals surface area contributed by atoms with Crippen molar-refractivity contribution in [3.8, 4) is 11.6 Å². The summed E-state index contributed by atoms with van der Waals surface area (Å²) in [4.78, 5) is 15.2. The van der Waals surface area contributed by atoms with Crippen molar-refractivity contribution in [1.82, 2.24) is 30.7 Å². The first-order chi connectivity index (χ1) is 16.5. The minimum absolute atomic E-state index is 0.0216. The van der Waals surface area contributed by atoms with Gasteiger partial charge in [0, 0.05) is 17.8 Å². The number of fused-ring (bicyclic) bond motifs is 1. The number of nitrogens with one attached hydrogen (secondary N) is 1. The summed E-state index contributed by atoms with van der Waals surface area (Å²) in [7, 11) is 0. The van der Waals surface area contributed by atoms with E-state index in [-0.39, 0.29) is 23.1 Å². The first-order valence-corrected chi connectivity index (χ1v) is 10.5. The molecule has 2 aromatic heterocycles. The summed E-state index contributed by atoms with van der Waals surface area (Å²) in [6, 6.07) is 14.8. The number of hydrazone groups is 1. The fourth-order valence-electron chi connectivity index (χ4n) is 3.91. The third-order valence-corrected chi connectivity index (χ3v) is 5.62. The second kappa shape index (κ2) is 8.65. The van der Waals surface area contributed by atoms with Gasteiger partial charge in [0.05, 0.1) is 18.0 Å². The number of nitrogen functional groups attached to an aromatic ring is 1. The molecule has 0 unspecified atom stereocenters. The highest BCUT2D eigenvalue weighted by molar-refractivity contribution is 6.02. The molecule has 12 nitrogen and oxygen atoms in total. The Kier molecular flexibility index (Phi) is 5.38. The zero-order valence-electron chi connectivity index (χ0n) is 18.2. The van der Waals surface area contributed by atoms with Gasteiger partial charge < -0.3 is 15.7 Å². The van der Waals surface area contributed by atoms with Crippen LogP contribution in [-0.4, -0.2) is 48.6 Å². The number of aromatic nitrogens is 5. The van der Waals surface area contributed by atoms with Gasteiger partial charge in [-0.3, -0.25) is 4.79 Å². The summed E-state index contributed by atoms with van der Waals surface area (Å²) < 4.78 is 6.07. The molecule has 172 valence electrons. The number of hydrogen-bond donors (Lipinski definition) is 3. The average molecular weight is 459 g/mol. The summed E-state index contributed by atoms with van der Waals surface area (Å²) in [5.41, 5.74) is 12.1. The van der Waals surface area contributed by atoms with Crippen molar-refractivity contribution in [2.75, 3.05) is 17.2 Å². The number of phenolic OH excluding ortho intramolecular Hbond substituents is 1. The number of benzene rings is 2. The van der Waals surface area contributed by atoms with Crippen molar-refractivity contribution in [2.24, 2.45) is 5.10 Å². The second-order valence-corrected chi connectivity index (χ2v) is 7.73. The number of amides is 1. The number of anilines is 2. The molecular weight excluding hydrogens is 438 g/mol. The molecule has 34 heavy (non-hydrogen) atoms. The van der Waals surface area contributed by atoms with Crippen LogP contribution in [0.1, 0.15) is 34.2 Å². The monoisotopic (exact) mass is 459 g/mol. The lowest BCUT2D eigenvalue weighted by Crippen LogP contribution is -2.26. The molecular formula is C22H21N9O3. The van der Waals surface area contributed by atoms with E-state index in [1.54, 1.807) is 31.2 Å². The molecule has 0 saturated heterocycles. The topological polar surface area (TPSA) is 161 Å². The van der Waals surface area contributed by atoms with E-state index in [0.29, 0.717) is 23.5 Å². The number of para-hydroxylation sites is 2. The van der Waals surface area contributed by atoms with Crippen molar-refractivity contribution < 1.29 is 14.5 Å². The van der Waals surface area contributed by atoms with Crippen LogP contribution in [0.5, 0.6) is 5.75 Å². The minimum atomic E-state index is -0.571. The maximum absolute atomic E-state index is 13.1. The van der Waals surface area contributed by atoms with Crippen molar-refractivity contribution in [2.45, 2.75) is 19.9 Å². The lowest BCUT2D eigenvalue weighted by Gasteiger charge is -2.19. The SMILES string of the molecule is C/C(=N/NC(=O)c1nnn(-c2nonc2N)c1CN1CCc2ccccc21)c1ccccc1O. The minimum Gasteiger partial charge on any atom is -0.507 e. The van der Waals surface area contributed by atoms with Crippen molar-refractivity contribution in [3.63, 3.8) is 0 Å². The quantitative estimate of drug-likeness (QED) is 0.288. The molecule has 4 aromatic rings. The molecule has 1 aliphatic rings. The van der Waals surface area contributed by atoms with Gasteiger partial charge in [-0.15, -0.1) is 5.10 Å². The number of carbonyl (C=O) groups is 1. The van der Waals surface area contributed by atoms with Gasteiger partial charge in [-0.2, -0.15) is 9.78 Å². The summed E-state index contributed by atoms with van der Waals surface area (Å²) in [6.07, 6.45) is 0.886. The van der Waals surface area contributed by atoms with Crippen LogP contribution in [0.25, 0.3) is 5.82 Å². The molecule has 0 radical (unpaired) electrons. The molecule has 1 amide bonds. The zero-order valence-corrected chi connectivity index (χ0v) is 18.2. The summed E-state index contributed by atoms with van der Waals surface area (Å²) in [5.74, 6) is -0.346. The van der Waals surface area contributed by atoms with E-state index in [0.717, 1.165) is 18.7 Å². The molecule has 3 heterocycles. The molecule has 12 heteroatoms. The maximum Gasteiger partial charge on any atom is 0.293 e. The van der Waals surface area contributed by atoms with Crippen molar-refractivity contribution in [1.29, 1.82) is 0 Å². The van der Waals surface area contributed by atoms with E-state index in [4.69, 9.17) is 10.4 Å². The number of hydrogen-bond acceptors (Lipinski definition) is 10. The standard InChI is InChI=1S/C22H21N9O3/c1-13(15-7-3-5-9-18(15)32)24-26-22(33)19-17(31(29-25-19)21-20(23)27-34-28-21)12-30-11-10-14-6-2-4-8-16(14)30/h2-9,32H,10-12H2,1H3,(H2,23,27)(H,26,33)/b24-13-. The van der Waals surface area contributed by atoms with E-state index in [1.165, 1.54) is 10.2 Å². The van der Waals surface area contributed by atoms with Crippen LogP contribution in [0.2, 0.25) is 0 Å². The largest absolute Gasteiger partial charge is 0.507 e. The van der Waals surface area contributed by atoms with Crippen LogP contribution < -0.4 is 16.1 Å². The Bertz CT molecular complexity index is 1390. The molecule has 5 rings (SSSR count). The van der Waals surface area contributed by atoms with Crippen molar-refractivity contribution >= 4 is 23.1 Å². The van der Waals surface area contributed by atoms with Gasteiger partial charge in [0.1, 0.15) is 5.75 Å². The van der Waals surface area contributed by atoms with Gasteiger partial charge >= 0.3 is 0 Å². The molecule has 1 aliphatic heterocycles. The fourth-order valence-corrected chi connectivity index (χ4v) is 3.91. The van der Waals surface area contributed by atoms with Gasteiger partial charge in [-0.25, -0.2) is 10.1 Å². The number of aromatic hydroxyl groups is 1. The van der Waals surface area contributed by atoms with Gasteiger partial charge in [0.25, 0.3) is 5.91 Å². The van der Waals surface area contributed by atoms with Crippen LogP contribution in [0.4, 0.5) is 11.5 Å². The Morgan fingerprint density at radius 2 is 2.00 bits per heavy atom. The lowest BCUT2D eigenvalue weighted by molar-refractivity contribution is 0.0948. The Hall–Kier alpha value is -4.74. The van der Waals surface area contributed by atoms with E-state index in [9.17, 15) is 9.90 Å². The fraction of sp³-hybridized carbons (Fsp3) is 0.182. The maximum atomic E-state index is 13.1. The van der Waals surface area contributed by atoms with Crippen LogP contribution in [0.3, 0.4) is 0 Å². The molecule has 0 fully saturated rings. The molecule has 0 atom stereocenters. The first-order valence-electron chi connectivity index (χ1n) is 10.5. The highest BCUT2D eigenvalue weighted by atomic mass is 16.6. The molecule has 0 saturated carbocycles. The molecule has 0 aliphatic carbocycles. The molecule has 0 bridgehead atoms. The van der Waals surface area contributed by atoms with E-state index >= 15 is 0 Å². The predicted molar refractivity (Wildman–Crippen MR) is 123 cm³/mol. The van der Waals surface area contributed by atoms with Crippen molar-refractivity contribution in [3.05, 3.63) is 71.0 Å². The molecule has 0 spiro atoms. The van der Waals surface area contributed by atoms with Crippen LogP contribution in [0, 0.1) is 0 Å². The molecule has 2 aromatic carbocycles. The lowest BCUT2D eigenvalue weighted by atomic mass is 10.1. The van der Waals surface area contributed by atoms with Gasteiger partial charge in [0.15, 0.2) is 5.69 Å². The van der Waals surface area contributed by atoms with Gasteiger partial charge in [-0.05, 0) is 47.4 Å². The second-order valence-electron chi connectivity index (χ2n) is 7.73. The Morgan fingerprint density at radius 3 is 2.79 bits per heavy atom. The highest BCUT2D eigenvalue weighted by Gasteiger charge is 2.28. The third-order valence-electron chi connectivity index (χ3n) is 5.62. The molecule has 4 N–H and O–H groups in total. The average Bonchev–Trinajstić information content (AvgIpc) is 3.56. The highest BCUT2D eigenvalue weighted by Crippen LogP contribution is 2.30. The predicted octanol–water partition coefficient (Wildman–Crippen LogP) is 1.65. The van der Waals surface area contributed by atoms with E-state index < -0.39 is 5.91 Å². The Balaban J connectivity index is 1.47. The third kappa shape index (κ3) is 3.81. The first kappa shape index (κ1) is 21.1. The Labute approximate surface area is 193 Å². The zero-order chi connectivity index (χ0) is 23.7. The number of rotatable bonds is 6. The van der Waals surface area contributed by atoms with Gasteiger partial charge in [0.2, 0.25) is 11.6 Å². The normalized spacial score (nSPS) is 13.2. The van der Waals surface area contributed by atoms with Crippen LogP contribution >= 0.6 is 0 Å². The smallest absolute Gasteiger partial charge is 0.293 e. The number of phenols is 1. The van der Waals surface area contributed by atoms with Crippen LogP contribution in [-0.2, 0) is 13.0 Å². The summed E-state index contributed by atoms with van der Waals surface area (Å²) in [6.45, 7) is 2.76. The number of carbonyl (C=O) groups excluding carboxylic acids is 1. The number of nitrogens with zero attached hydrogens (tertiary/aromatic N) is 7. The van der Waals surface area contributed by atoms with E-state index in [1.807, 2.05) is 18.2 Å². The Morgan fingerprint density at radius 1 is 1.21 bits per heavy atom. The summed E-state index contributed by atoms with van der Waals surface area (Å²) >= 11 is 0. The summed E-state index contributed by atoms with van der Waals surface area (Å²) in [5, 5.41) is 29.7. The van der Waals surface area contributed by atoms with Gasteiger partial charge in [-0.1, -0.05) is 35.5 Å².